The highest BCUT2D eigenvalue weighted by Gasteiger charge is 2.52. The summed E-state index contributed by atoms with van der Waals surface area (Å²) in [5.41, 5.74) is 22.4. The van der Waals surface area contributed by atoms with Gasteiger partial charge in [0.1, 0.15) is 11.2 Å². The van der Waals surface area contributed by atoms with E-state index >= 15 is 0 Å². The predicted molar refractivity (Wildman–Crippen MR) is 307 cm³/mol. The molecule has 3 nitrogen and oxygen atoms in total. The Hall–Kier alpha value is -9.70. The molecular formula is C71H44N2O. The second-order valence-corrected chi connectivity index (χ2v) is 19.8. The highest BCUT2D eigenvalue weighted by molar-refractivity contribution is 6.15. The number of rotatable bonds is 6. The second-order valence-electron chi connectivity index (χ2n) is 19.8. The van der Waals surface area contributed by atoms with E-state index in [1.807, 2.05) is 0 Å². The van der Waals surface area contributed by atoms with Crippen LogP contribution in [0.5, 0.6) is 0 Å². The topological polar surface area (TPSA) is 21.3 Å². The molecule has 0 amide bonds. The lowest BCUT2D eigenvalue weighted by Gasteiger charge is -2.39. The Morgan fingerprint density at radius 2 is 0.811 bits per heavy atom. The van der Waals surface area contributed by atoms with Crippen molar-refractivity contribution in [1.82, 2.24) is 4.57 Å². The van der Waals surface area contributed by atoms with Crippen LogP contribution in [0.1, 0.15) is 22.3 Å². The summed E-state index contributed by atoms with van der Waals surface area (Å²) in [5, 5.41) is 7.19. The molecule has 74 heavy (non-hydrogen) atoms. The summed E-state index contributed by atoms with van der Waals surface area (Å²) in [4.78, 5) is 2.56. The second kappa shape index (κ2) is 15.6. The van der Waals surface area contributed by atoms with Crippen molar-refractivity contribution in [2.75, 3.05) is 4.90 Å². The molecule has 0 saturated carbocycles. The summed E-state index contributed by atoms with van der Waals surface area (Å²) in [6, 6.07) is 98.6. The average Bonchev–Trinajstić information content (AvgIpc) is 4.20. The van der Waals surface area contributed by atoms with E-state index in [1.54, 1.807) is 0 Å². The van der Waals surface area contributed by atoms with Gasteiger partial charge in [-0.15, -0.1) is 0 Å². The summed E-state index contributed by atoms with van der Waals surface area (Å²) in [7, 11) is 0. The summed E-state index contributed by atoms with van der Waals surface area (Å²) < 4.78 is 9.39. The van der Waals surface area contributed by atoms with Gasteiger partial charge in [-0.25, -0.2) is 0 Å². The van der Waals surface area contributed by atoms with Crippen molar-refractivity contribution in [3.63, 3.8) is 0 Å². The van der Waals surface area contributed by atoms with Crippen LogP contribution in [0.15, 0.2) is 271 Å². The standard InChI is InChI=1S/C71H44N2O/c1-2-23-46-45(21-1)22-17-31-47(46)48-24-3-4-25-49(48)50-26-6-12-39-62(50)72(63-40-13-8-28-52(63)55-33-18-34-56-53-29-9-16-44-67(53)74-70(55)56)66-43-20-37-60-68(66)57-30-5-10-35-58(57)71(60)59-36-11-15-42-65(59)73-64-41-14-7-27-51(64)54-32-19-38-61(71)69(54)73/h1-44H. The normalized spacial score (nSPS) is 14.3. The maximum Gasteiger partial charge on any atom is 0.143 e. The van der Waals surface area contributed by atoms with E-state index < -0.39 is 5.41 Å². The number of para-hydroxylation sites is 7. The van der Waals surface area contributed by atoms with Gasteiger partial charge in [0.25, 0.3) is 0 Å². The molecule has 0 saturated heterocycles. The van der Waals surface area contributed by atoms with Gasteiger partial charge < -0.3 is 13.9 Å². The third kappa shape index (κ3) is 5.50. The molecule has 344 valence electrons. The number of aromatic nitrogens is 1. The van der Waals surface area contributed by atoms with Crippen LogP contribution in [0.3, 0.4) is 0 Å². The minimum absolute atomic E-state index is 0.631. The highest BCUT2D eigenvalue weighted by Crippen LogP contribution is 2.64. The molecule has 1 atom stereocenters. The molecule has 1 spiro atoms. The fourth-order valence-corrected chi connectivity index (χ4v) is 13.3. The van der Waals surface area contributed by atoms with E-state index in [0.717, 1.165) is 61.3 Å². The smallest absolute Gasteiger partial charge is 0.143 e. The quantitative estimate of drug-likeness (QED) is 0.166. The molecule has 0 N–H and O–H groups in total. The molecule has 12 aromatic carbocycles. The van der Waals surface area contributed by atoms with Crippen molar-refractivity contribution in [3.8, 4) is 50.2 Å². The number of hydrogen-bond donors (Lipinski definition) is 0. The molecular weight excluding hydrogens is 897 g/mol. The Bertz CT molecular complexity index is 4640. The Labute approximate surface area is 428 Å². The van der Waals surface area contributed by atoms with Crippen molar-refractivity contribution >= 4 is 71.6 Å². The van der Waals surface area contributed by atoms with Crippen LogP contribution in [-0.2, 0) is 5.41 Å². The number of nitrogens with zero attached hydrogens (tertiary/aromatic N) is 2. The lowest BCUT2D eigenvalue weighted by molar-refractivity contribution is 0.670. The van der Waals surface area contributed by atoms with Crippen LogP contribution in [0.2, 0.25) is 0 Å². The molecule has 0 bridgehead atoms. The van der Waals surface area contributed by atoms with E-state index in [-0.39, 0.29) is 0 Å². The zero-order valence-corrected chi connectivity index (χ0v) is 40.2. The van der Waals surface area contributed by atoms with Gasteiger partial charge in [0, 0.05) is 43.8 Å². The van der Waals surface area contributed by atoms with Gasteiger partial charge in [0.15, 0.2) is 0 Å². The summed E-state index contributed by atoms with van der Waals surface area (Å²) in [6.45, 7) is 0. The van der Waals surface area contributed by atoms with E-state index in [4.69, 9.17) is 4.42 Å². The van der Waals surface area contributed by atoms with Crippen LogP contribution < -0.4 is 4.90 Å². The lowest BCUT2D eigenvalue weighted by atomic mass is 9.65. The minimum atomic E-state index is -0.631. The predicted octanol–water partition coefficient (Wildman–Crippen LogP) is 19.0. The van der Waals surface area contributed by atoms with Gasteiger partial charge in [-0.1, -0.05) is 231 Å². The van der Waals surface area contributed by atoms with Gasteiger partial charge in [0.05, 0.1) is 39.2 Å². The molecule has 3 heterocycles. The summed E-state index contributed by atoms with van der Waals surface area (Å²) in [5.74, 6) is 0. The third-order valence-electron chi connectivity index (χ3n) is 16.2. The van der Waals surface area contributed by atoms with Crippen LogP contribution in [0.25, 0.3) is 105 Å². The molecule has 1 aliphatic heterocycles. The third-order valence-corrected chi connectivity index (χ3v) is 16.2. The van der Waals surface area contributed by atoms with Crippen molar-refractivity contribution in [2.45, 2.75) is 5.41 Å². The number of hydrogen-bond acceptors (Lipinski definition) is 2. The molecule has 3 heteroatoms. The first-order chi connectivity index (χ1) is 36.8. The van der Waals surface area contributed by atoms with E-state index in [0.29, 0.717) is 0 Å². The zero-order valence-electron chi connectivity index (χ0n) is 40.2. The van der Waals surface area contributed by atoms with Gasteiger partial charge in [-0.3, -0.25) is 0 Å². The maximum absolute atomic E-state index is 6.86. The van der Waals surface area contributed by atoms with Gasteiger partial charge in [-0.05, 0) is 91.7 Å². The molecule has 0 radical (unpaired) electrons. The Morgan fingerprint density at radius 1 is 0.311 bits per heavy atom. The minimum Gasteiger partial charge on any atom is -0.455 e. The van der Waals surface area contributed by atoms with Gasteiger partial charge >= 0.3 is 0 Å². The van der Waals surface area contributed by atoms with Gasteiger partial charge in [-0.2, -0.15) is 0 Å². The number of anilines is 3. The maximum atomic E-state index is 6.86. The monoisotopic (exact) mass is 940 g/mol. The van der Waals surface area contributed by atoms with Crippen molar-refractivity contribution in [3.05, 3.63) is 289 Å². The average molecular weight is 941 g/mol. The molecule has 2 aliphatic rings. The van der Waals surface area contributed by atoms with Crippen LogP contribution in [0.4, 0.5) is 17.1 Å². The Morgan fingerprint density at radius 3 is 1.65 bits per heavy atom. The highest BCUT2D eigenvalue weighted by atomic mass is 16.3. The Kier molecular flexibility index (Phi) is 8.66. The molecule has 14 aromatic rings. The molecule has 1 aliphatic carbocycles. The van der Waals surface area contributed by atoms with E-state index in [2.05, 4.69) is 276 Å². The van der Waals surface area contributed by atoms with Crippen LogP contribution in [-0.4, -0.2) is 4.57 Å². The SMILES string of the molecule is c1ccc(-c2cccc3ccccc23)c(-c2ccccc2N(c2ccccc2-c2cccc3c2oc2ccccc23)c2cccc3c2-c2ccccc2C32c3ccccc3-n3c4ccccc4c4cccc2c43)c1. The molecule has 1 unspecified atom stereocenters. The molecule has 0 fully saturated rings. The van der Waals surface area contributed by atoms with Crippen molar-refractivity contribution in [2.24, 2.45) is 0 Å². The number of fused-ring (bicyclic) bond motifs is 16. The summed E-state index contributed by atoms with van der Waals surface area (Å²) in [6.07, 6.45) is 0. The lowest BCUT2D eigenvalue weighted by Crippen LogP contribution is -2.33. The summed E-state index contributed by atoms with van der Waals surface area (Å²) >= 11 is 0. The molecule has 16 rings (SSSR count). The van der Waals surface area contributed by atoms with Crippen LogP contribution in [0, 0.1) is 0 Å². The first kappa shape index (κ1) is 41.0. The Balaban J connectivity index is 1.02. The zero-order chi connectivity index (χ0) is 48.5. The largest absolute Gasteiger partial charge is 0.455 e. The fourth-order valence-electron chi connectivity index (χ4n) is 13.3. The number of furan rings is 1. The van der Waals surface area contributed by atoms with Crippen molar-refractivity contribution in [1.29, 1.82) is 0 Å². The number of benzene rings is 12. The van der Waals surface area contributed by atoms with Crippen molar-refractivity contribution < 1.29 is 4.42 Å². The first-order valence-corrected chi connectivity index (χ1v) is 25.6. The first-order valence-electron chi connectivity index (χ1n) is 25.6. The van der Waals surface area contributed by atoms with E-state index in [1.165, 1.54) is 82.8 Å². The fraction of sp³-hybridized carbons (Fsp3) is 0.0141. The van der Waals surface area contributed by atoms with Gasteiger partial charge in [0.2, 0.25) is 0 Å². The molecule has 2 aromatic heterocycles. The van der Waals surface area contributed by atoms with Crippen LogP contribution >= 0.6 is 0 Å². The van der Waals surface area contributed by atoms with E-state index in [9.17, 15) is 0 Å².